The molecule has 92 valence electrons. The van der Waals surface area contributed by atoms with Gasteiger partial charge in [-0.3, -0.25) is 0 Å². The van der Waals surface area contributed by atoms with Gasteiger partial charge in [-0.15, -0.1) is 0 Å². The number of hydrogen-bond acceptors (Lipinski definition) is 3. The van der Waals surface area contributed by atoms with E-state index in [-0.39, 0.29) is 23.1 Å². The van der Waals surface area contributed by atoms with Crippen LogP contribution in [0.4, 0.5) is 10.1 Å². The molecule has 17 heavy (non-hydrogen) atoms. The fourth-order valence-corrected chi connectivity index (χ4v) is 2.03. The fourth-order valence-electron chi connectivity index (χ4n) is 2.03. The first-order valence-electron chi connectivity index (χ1n) is 5.57. The number of carboxylic acids is 1. The van der Waals surface area contributed by atoms with Crippen LogP contribution in [0.1, 0.15) is 36.0 Å². The van der Waals surface area contributed by atoms with E-state index in [4.69, 9.17) is 15.6 Å². The zero-order valence-corrected chi connectivity index (χ0v) is 9.28. The van der Waals surface area contributed by atoms with Crippen LogP contribution in [0.15, 0.2) is 12.1 Å². The molecule has 2 rings (SSSR count). The Morgan fingerprint density at radius 1 is 1.41 bits per heavy atom. The number of anilines is 1. The van der Waals surface area contributed by atoms with Gasteiger partial charge >= 0.3 is 5.97 Å². The molecule has 0 aromatic heterocycles. The molecular weight excluding hydrogens is 225 g/mol. The maximum absolute atomic E-state index is 13.5. The molecule has 0 amide bonds. The van der Waals surface area contributed by atoms with Crippen LogP contribution in [-0.4, -0.2) is 17.2 Å². The third-order valence-electron chi connectivity index (χ3n) is 2.93. The van der Waals surface area contributed by atoms with E-state index in [1.54, 1.807) is 0 Å². The molecule has 0 saturated heterocycles. The van der Waals surface area contributed by atoms with Crippen LogP contribution in [0.2, 0.25) is 0 Å². The lowest BCUT2D eigenvalue weighted by atomic mass is 10.1. The van der Waals surface area contributed by atoms with Crippen LogP contribution in [0.25, 0.3) is 0 Å². The Morgan fingerprint density at radius 3 is 2.65 bits per heavy atom. The van der Waals surface area contributed by atoms with Crippen molar-refractivity contribution in [2.24, 2.45) is 0 Å². The Bertz CT molecular complexity index is 442. The van der Waals surface area contributed by atoms with Crippen molar-refractivity contribution < 1.29 is 19.0 Å². The van der Waals surface area contributed by atoms with Crippen molar-refractivity contribution in [2.45, 2.75) is 31.8 Å². The standard InChI is InChI=1S/C12H14FNO3/c13-9-6-10(14)8(12(15)16)5-11(9)17-7-3-1-2-4-7/h5-7H,1-4,14H2,(H,15,16). The highest BCUT2D eigenvalue weighted by Gasteiger charge is 2.20. The van der Waals surface area contributed by atoms with Gasteiger partial charge in [0.05, 0.1) is 11.7 Å². The van der Waals surface area contributed by atoms with E-state index in [1.165, 1.54) is 0 Å². The smallest absolute Gasteiger partial charge is 0.337 e. The van der Waals surface area contributed by atoms with E-state index < -0.39 is 11.8 Å². The highest BCUT2D eigenvalue weighted by molar-refractivity contribution is 5.94. The first-order valence-corrected chi connectivity index (χ1v) is 5.57. The summed E-state index contributed by atoms with van der Waals surface area (Å²) >= 11 is 0. The minimum Gasteiger partial charge on any atom is -0.487 e. The molecule has 1 aliphatic carbocycles. The number of rotatable bonds is 3. The normalized spacial score (nSPS) is 16.1. The van der Waals surface area contributed by atoms with E-state index >= 15 is 0 Å². The predicted octanol–water partition coefficient (Wildman–Crippen LogP) is 2.43. The Labute approximate surface area is 98.2 Å². The highest BCUT2D eigenvalue weighted by Crippen LogP contribution is 2.29. The highest BCUT2D eigenvalue weighted by atomic mass is 19.1. The van der Waals surface area contributed by atoms with Crippen LogP contribution in [0.3, 0.4) is 0 Å². The summed E-state index contributed by atoms with van der Waals surface area (Å²) in [6.07, 6.45) is 3.87. The van der Waals surface area contributed by atoms with Crippen molar-refractivity contribution in [3.05, 3.63) is 23.5 Å². The van der Waals surface area contributed by atoms with Crippen molar-refractivity contribution in [2.75, 3.05) is 5.73 Å². The molecule has 1 aliphatic rings. The zero-order chi connectivity index (χ0) is 12.4. The van der Waals surface area contributed by atoms with Crippen molar-refractivity contribution >= 4 is 11.7 Å². The number of nitrogen functional groups attached to an aromatic ring is 1. The second-order valence-corrected chi connectivity index (χ2v) is 4.20. The number of carbonyl (C=O) groups is 1. The van der Waals surface area contributed by atoms with Gasteiger partial charge in [0.15, 0.2) is 11.6 Å². The molecule has 3 N–H and O–H groups in total. The minimum atomic E-state index is -1.18. The number of hydrogen-bond donors (Lipinski definition) is 2. The molecule has 0 aliphatic heterocycles. The second-order valence-electron chi connectivity index (χ2n) is 4.20. The second kappa shape index (κ2) is 4.61. The Balaban J connectivity index is 2.26. The molecule has 0 radical (unpaired) electrons. The summed E-state index contributed by atoms with van der Waals surface area (Å²) < 4.78 is 19.0. The van der Waals surface area contributed by atoms with Gasteiger partial charge in [0.1, 0.15) is 0 Å². The number of benzene rings is 1. The average Bonchev–Trinajstić information content (AvgIpc) is 2.74. The Kier molecular flexibility index (Phi) is 3.17. The molecule has 1 aromatic rings. The lowest BCUT2D eigenvalue weighted by Gasteiger charge is -2.14. The summed E-state index contributed by atoms with van der Waals surface area (Å²) in [6, 6.07) is 2.15. The van der Waals surface area contributed by atoms with Crippen LogP contribution in [0, 0.1) is 5.82 Å². The van der Waals surface area contributed by atoms with Gasteiger partial charge < -0.3 is 15.6 Å². The van der Waals surface area contributed by atoms with Gasteiger partial charge in [0.25, 0.3) is 0 Å². The summed E-state index contributed by atoms with van der Waals surface area (Å²) in [5.41, 5.74) is 5.21. The van der Waals surface area contributed by atoms with Gasteiger partial charge in [-0.1, -0.05) is 0 Å². The quantitative estimate of drug-likeness (QED) is 0.794. The van der Waals surface area contributed by atoms with E-state index in [0.29, 0.717) is 0 Å². The molecule has 0 bridgehead atoms. The molecule has 0 heterocycles. The molecule has 0 unspecified atom stereocenters. The van der Waals surface area contributed by atoms with Crippen molar-refractivity contribution in [1.82, 2.24) is 0 Å². The topological polar surface area (TPSA) is 72.5 Å². The summed E-state index contributed by atoms with van der Waals surface area (Å²) in [5, 5.41) is 8.88. The Hall–Kier alpha value is -1.78. The molecule has 0 spiro atoms. The first kappa shape index (κ1) is 11.7. The molecule has 1 saturated carbocycles. The molecular formula is C12H14FNO3. The van der Waals surface area contributed by atoms with Gasteiger partial charge in [-0.25, -0.2) is 9.18 Å². The third kappa shape index (κ3) is 2.49. The number of halogens is 1. The van der Waals surface area contributed by atoms with E-state index in [9.17, 15) is 9.18 Å². The molecule has 1 fully saturated rings. The van der Waals surface area contributed by atoms with Gasteiger partial charge in [0, 0.05) is 11.8 Å². The third-order valence-corrected chi connectivity index (χ3v) is 2.93. The monoisotopic (exact) mass is 239 g/mol. The fraction of sp³-hybridized carbons (Fsp3) is 0.417. The van der Waals surface area contributed by atoms with Crippen LogP contribution >= 0.6 is 0 Å². The van der Waals surface area contributed by atoms with Gasteiger partial charge in [0.2, 0.25) is 0 Å². The lowest BCUT2D eigenvalue weighted by molar-refractivity contribution is 0.0697. The predicted molar refractivity (Wildman–Crippen MR) is 60.7 cm³/mol. The molecule has 0 atom stereocenters. The van der Waals surface area contributed by atoms with Crippen molar-refractivity contribution in [3.63, 3.8) is 0 Å². The van der Waals surface area contributed by atoms with E-state index in [2.05, 4.69) is 0 Å². The van der Waals surface area contributed by atoms with Crippen LogP contribution in [-0.2, 0) is 0 Å². The summed E-state index contributed by atoms with van der Waals surface area (Å²) in [6.45, 7) is 0. The summed E-state index contributed by atoms with van der Waals surface area (Å²) in [4.78, 5) is 10.9. The van der Waals surface area contributed by atoms with Gasteiger partial charge in [-0.2, -0.15) is 0 Å². The maximum atomic E-state index is 13.5. The maximum Gasteiger partial charge on any atom is 0.337 e. The summed E-state index contributed by atoms with van der Waals surface area (Å²) in [5.74, 6) is -1.82. The van der Waals surface area contributed by atoms with E-state index in [0.717, 1.165) is 37.8 Å². The zero-order valence-electron chi connectivity index (χ0n) is 9.28. The number of aromatic carboxylic acids is 1. The molecule has 5 heteroatoms. The number of ether oxygens (including phenoxy) is 1. The first-order chi connectivity index (χ1) is 8.08. The van der Waals surface area contributed by atoms with Gasteiger partial charge in [-0.05, 0) is 31.7 Å². The van der Waals surface area contributed by atoms with Crippen LogP contribution < -0.4 is 10.5 Å². The SMILES string of the molecule is Nc1cc(F)c(OC2CCCC2)cc1C(=O)O. The van der Waals surface area contributed by atoms with Crippen molar-refractivity contribution in [3.8, 4) is 5.75 Å². The number of nitrogens with two attached hydrogens (primary N) is 1. The Morgan fingerprint density at radius 2 is 2.06 bits per heavy atom. The molecule has 1 aromatic carbocycles. The summed E-state index contributed by atoms with van der Waals surface area (Å²) in [7, 11) is 0. The lowest BCUT2D eigenvalue weighted by Crippen LogP contribution is -2.13. The minimum absolute atomic E-state index is 0.0187. The largest absolute Gasteiger partial charge is 0.487 e. The molecule has 4 nitrogen and oxygen atoms in total. The van der Waals surface area contributed by atoms with E-state index in [1.807, 2.05) is 0 Å². The van der Waals surface area contributed by atoms with Crippen LogP contribution in [0.5, 0.6) is 5.75 Å². The average molecular weight is 239 g/mol. The number of carboxylic acid groups (broad SMARTS) is 1. The van der Waals surface area contributed by atoms with Crippen molar-refractivity contribution in [1.29, 1.82) is 0 Å².